The van der Waals surface area contributed by atoms with Gasteiger partial charge in [0.15, 0.2) is 0 Å². The second-order valence-electron chi connectivity index (χ2n) is 4.81. The Balaban J connectivity index is 1.61. The summed E-state index contributed by atoms with van der Waals surface area (Å²) in [5, 5.41) is 6.55. The maximum atomic E-state index is 11.9. The molecule has 104 valence electrons. The van der Waals surface area contributed by atoms with Crippen LogP contribution in [-0.2, 0) is 4.79 Å². The zero-order valence-corrected chi connectivity index (χ0v) is 11.9. The lowest BCUT2D eigenvalue weighted by Gasteiger charge is -2.26. The Morgan fingerprint density at radius 2 is 2.05 bits per heavy atom. The van der Waals surface area contributed by atoms with Crippen LogP contribution in [0.2, 0.25) is 0 Å². The molecule has 0 aromatic carbocycles. The third-order valence-electron chi connectivity index (χ3n) is 3.35. The van der Waals surface area contributed by atoms with Crippen LogP contribution in [0.25, 0.3) is 0 Å². The second-order valence-corrected chi connectivity index (χ2v) is 5.59. The number of hydrogen-bond donors (Lipinski definition) is 1. The van der Waals surface area contributed by atoms with Gasteiger partial charge in [-0.2, -0.15) is 11.3 Å². The molecule has 2 rings (SSSR count). The van der Waals surface area contributed by atoms with E-state index in [1.54, 1.807) is 6.07 Å². The quantitative estimate of drug-likeness (QED) is 0.841. The van der Waals surface area contributed by atoms with Gasteiger partial charge in [-0.15, -0.1) is 0 Å². The van der Waals surface area contributed by atoms with Crippen LogP contribution in [0.1, 0.15) is 42.5 Å². The lowest BCUT2D eigenvalue weighted by Crippen LogP contribution is -2.36. The van der Waals surface area contributed by atoms with Gasteiger partial charge < -0.3 is 10.2 Å². The van der Waals surface area contributed by atoms with Crippen molar-refractivity contribution in [2.75, 3.05) is 19.6 Å². The Kier molecular flexibility index (Phi) is 5.39. The number of nitrogens with one attached hydrogen (secondary N) is 1. The van der Waals surface area contributed by atoms with Gasteiger partial charge in [-0.3, -0.25) is 9.59 Å². The Bertz CT molecular complexity index is 411. The minimum absolute atomic E-state index is 0.0494. The molecule has 1 aliphatic heterocycles. The van der Waals surface area contributed by atoms with Crippen molar-refractivity contribution in [1.29, 1.82) is 0 Å². The molecule has 1 aliphatic rings. The summed E-state index contributed by atoms with van der Waals surface area (Å²) in [5.74, 6) is 0.177. The van der Waals surface area contributed by atoms with Gasteiger partial charge in [-0.25, -0.2) is 0 Å². The maximum Gasteiger partial charge on any atom is 0.252 e. The Morgan fingerprint density at radius 3 is 2.74 bits per heavy atom. The average Bonchev–Trinajstić information content (AvgIpc) is 2.98. The van der Waals surface area contributed by atoms with E-state index in [-0.39, 0.29) is 11.8 Å². The van der Waals surface area contributed by atoms with E-state index in [1.165, 1.54) is 17.8 Å². The molecule has 2 heterocycles. The highest BCUT2D eigenvalue weighted by atomic mass is 32.1. The van der Waals surface area contributed by atoms with E-state index >= 15 is 0 Å². The summed E-state index contributed by atoms with van der Waals surface area (Å²) >= 11 is 1.51. The number of carbonyl (C=O) groups excluding carboxylic acids is 2. The van der Waals surface area contributed by atoms with E-state index in [0.29, 0.717) is 24.9 Å². The van der Waals surface area contributed by atoms with E-state index in [4.69, 9.17) is 0 Å². The van der Waals surface area contributed by atoms with Gasteiger partial charge in [0.2, 0.25) is 5.91 Å². The molecule has 1 fully saturated rings. The van der Waals surface area contributed by atoms with Crippen molar-refractivity contribution in [3.63, 3.8) is 0 Å². The number of amides is 2. The molecule has 4 nitrogen and oxygen atoms in total. The number of hydrogen-bond acceptors (Lipinski definition) is 3. The van der Waals surface area contributed by atoms with Gasteiger partial charge in [0, 0.05) is 37.0 Å². The van der Waals surface area contributed by atoms with Crippen molar-refractivity contribution in [1.82, 2.24) is 10.2 Å². The van der Waals surface area contributed by atoms with Crippen molar-refractivity contribution in [3.8, 4) is 0 Å². The summed E-state index contributed by atoms with van der Waals surface area (Å²) in [6.45, 7) is 2.37. The standard InChI is InChI=1S/C14H20N2O2S/c17-13(16-8-2-1-3-9-16)5-4-7-15-14(18)12-6-10-19-11-12/h6,10-11H,1-5,7-9H2,(H,15,18). The second kappa shape index (κ2) is 7.28. The van der Waals surface area contributed by atoms with Crippen LogP contribution in [0.4, 0.5) is 0 Å². The van der Waals surface area contributed by atoms with E-state index < -0.39 is 0 Å². The fourth-order valence-electron chi connectivity index (χ4n) is 2.24. The molecule has 19 heavy (non-hydrogen) atoms. The predicted molar refractivity (Wildman–Crippen MR) is 76.3 cm³/mol. The molecule has 0 atom stereocenters. The predicted octanol–water partition coefficient (Wildman–Crippen LogP) is 2.27. The number of thiophene rings is 1. The van der Waals surface area contributed by atoms with Crippen LogP contribution >= 0.6 is 11.3 Å². The summed E-state index contributed by atoms with van der Waals surface area (Å²) in [4.78, 5) is 25.5. The van der Waals surface area contributed by atoms with Crippen LogP contribution in [0.5, 0.6) is 0 Å². The molecular formula is C14H20N2O2S. The van der Waals surface area contributed by atoms with Crippen LogP contribution in [0.3, 0.4) is 0 Å². The first kappa shape index (κ1) is 14.1. The molecule has 1 saturated heterocycles. The summed E-state index contributed by atoms with van der Waals surface area (Å²) in [7, 11) is 0. The van der Waals surface area contributed by atoms with Crippen molar-refractivity contribution < 1.29 is 9.59 Å². The van der Waals surface area contributed by atoms with Gasteiger partial charge in [0.05, 0.1) is 0 Å². The van der Waals surface area contributed by atoms with Crippen molar-refractivity contribution >= 4 is 23.2 Å². The highest BCUT2D eigenvalue weighted by Gasteiger charge is 2.15. The topological polar surface area (TPSA) is 49.4 Å². The van der Waals surface area contributed by atoms with Gasteiger partial charge in [0.25, 0.3) is 5.91 Å². The monoisotopic (exact) mass is 280 g/mol. The normalized spacial score (nSPS) is 15.3. The van der Waals surface area contributed by atoms with Gasteiger partial charge in [-0.05, 0) is 37.1 Å². The smallest absolute Gasteiger partial charge is 0.252 e. The molecule has 0 aliphatic carbocycles. The number of likely N-dealkylation sites (tertiary alicyclic amines) is 1. The first-order chi connectivity index (χ1) is 9.27. The largest absolute Gasteiger partial charge is 0.352 e. The van der Waals surface area contributed by atoms with E-state index in [9.17, 15) is 9.59 Å². The summed E-state index contributed by atoms with van der Waals surface area (Å²) in [5.41, 5.74) is 0.701. The SMILES string of the molecule is O=C(NCCCC(=O)N1CCCCC1)c1ccsc1. The zero-order valence-electron chi connectivity index (χ0n) is 11.1. The molecule has 1 aromatic rings. The van der Waals surface area contributed by atoms with E-state index in [0.717, 1.165) is 25.9 Å². The molecule has 1 aromatic heterocycles. The lowest BCUT2D eigenvalue weighted by molar-refractivity contribution is -0.132. The van der Waals surface area contributed by atoms with Gasteiger partial charge >= 0.3 is 0 Å². The number of carbonyl (C=O) groups is 2. The minimum atomic E-state index is -0.0494. The maximum absolute atomic E-state index is 11.9. The van der Waals surface area contributed by atoms with E-state index in [1.807, 2.05) is 15.7 Å². The molecule has 1 N–H and O–H groups in total. The highest BCUT2D eigenvalue weighted by Crippen LogP contribution is 2.10. The van der Waals surface area contributed by atoms with Gasteiger partial charge in [-0.1, -0.05) is 0 Å². The molecule has 0 radical (unpaired) electrons. The molecule has 0 bridgehead atoms. The molecular weight excluding hydrogens is 260 g/mol. The fraction of sp³-hybridized carbons (Fsp3) is 0.571. The van der Waals surface area contributed by atoms with Crippen LogP contribution in [0, 0.1) is 0 Å². The zero-order chi connectivity index (χ0) is 13.5. The van der Waals surface area contributed by atoms with E-state index in [2.05, 4.69) is 5.32 Å². The summed E-state index contributed by atoms with van der Waals surface area (Å²) in [6.07, 6.45) is 4.73. The summed E-state index contributed by atoms with van der Waals surface area (Å²) < 4.78 is 0. The molecule has 0 unspecified atom stereocenters. The van der Waals surface area contributed by atoms with Crippen molar-refractivity contribution in [2.45, 2.75) is 32.1 Å². The fourth-order valence-corrected chi connectivity index (χ4v) is 2.87. The number of nitrogens with zero attached hydrogens (tertiary/aromatic N) is 1. The van der Waals surface area contributed by atoms with Gasteiger partial charge in [0.1, 0.15) is 0 Å². The lowest BCUT2D eigenvalue weighted by atomic mass is 10.1. The number of rotatable bonds is 5. The van der Waals surface area contributed by atoms with Crippen LogP contribution < -0.4 is 5.32 Å². The van der Waals surface area contributed by atoms with Crippen molar-refractivity contribution in [2.24, 2.45) is 0 Å². The first-order valence-corrected chi connectivity index (χ1v) is 7.80. The Labute approximate surface area is 117 Å². The third kappa shape index (κ3) is 4.35. The summed E-state index contributed by atoms with van der Waals surface area (Å²) in [6, 6.07) is 1.80. The Morgan fingerprint density at radius 1 is 1.26 bits per heavy atom. The highest BCUT2D eigenvalue weighted by molar-refractivity contribution is 7.08. The number of piperidine rings is 1. The Hall–Kier alpha value is -1.36. The molecule has 2 amide bonds. The first-order valence-electron chi connectivity index (χ1n) is 6.85. The molecule has 0 spiro atoms. The van der Waals surface area contributed by atoms with Crippen molar-refractivity contribution in [3.05, 3.63) is 22.4 Å². The molecule has 5 heteroatoms. The van der Waals surface area contributed by atoms with Crippen LogP contribution in [0.15, 0.2) is 16.8 Å². The average molecular weight is 280 g/mol. The third-order valence-corrected chi connectivity index (χ3v) is 4.03. The minimum Gasteiger partial charge on any atom is -0.352 e. The van der Waals surface area contributed by atoms with Crippen LogP contribution in [-0.4, -0.2) is 36.3 Å². The molecule has 0 saturated carbocycles.